The third-order valence-corrected chi connectivity index (χ3v) is 5.59. The van der Waals surface area contributed by atoms with E-state index in [-0.39, 0.29) is 5.41 Å². The Morgan fingerprint density at radius 3 is 2.62 bits per heavy atom. The van der Waals surface area contributed by atoms with Crippen LogP contribution in [0.15, 0.2) is 83.5 Å². The van der Waals surface area contributed by atoms with Gasteiger partial charge in [-0.05, 0) is 67.0 Å². The van der Waals surface area contributed by atoms with Gasteiger partial charge >= 0.3 is 0 Å². The van der Waals surface area contributed by atoms with Gasteiger partial charge in [-0.3, -0.25) is 0 Å². The molecule has 0 saturated heterocycles. The van der Waals surface area contributed by atoms with Crippen molar-refractivity contribution in [3.05, 3.63) is 100 Å². The zero-order valence-corrected chi connectivity index (χ0v) is 16.8. The second-order valence-corrected chi connectivity index (χ2v) is 7.77. The van der Waals surface area contributed by atoms with Crippen LogP contribution in [0.25, 0.3) is 5.57 Å². The SMILES string of the molecule is C/C=C(\C=C1\C=CC=CC1)C/C=C1\C(=C/C)c2ccc(C)cc2C1(C)C. The Balaban J connectivity index is 1.93. The molecule has 0 nitrogen and oxygen atoms in total. The molecule has 26 heavy (non-hydrogen) atoms. The Morgan fingerprint density at radius 1 is 1.15 bits per heavy atom. The van der Waals surface area contributed by atoms with Crippen LogP contribution in [0.2, 0.25) is 0 Å². The normalized spacial score (nSPS) is 23.3. The first-order valence-corrected chi connectivity index (χ1v) is 9.65. The van der Waals surface area contributed by atoms with E-state index in [0.29, 0.717) is 0 Å². The number of hydrogen-bond acceptors (Lipinski definition) is 0. The van der Waals surface area contributed by atoms with Crippen LogP contribution in [0.4, 0.5) is 0 Å². The molecule has 0 aliphatic heterocycles. The lowest BCUT2D eigenvalue weighted by molar-refractivity contribution is 0.657. The van der Waals surface area contributed by atoms with E-state index in [9.17, 15) is 0 Å². The molecule has 0 heteroatoms. The van der Waals surface area contributed by atoms with Crippen LogP contribution in [0.3, 0.4) is 0 Å². The molecule has 0 heterocycles. The van der Waals surface area contributed by atoms with E-state index in [1.54, 1.807) is 0 Å². The van der Waals surface area contributed by atoms with Crippen molar-refractivity contribution in [3.63, 3.8) is 0 Å². The van der Waals surface area contributed by atoms with Crippen molar-refractivity contribution in [2.75, 3.05) is 0 Å². The minimum atomic E-state index is 0.0582. The molecule has 0 fully saturated rings. The highest BCUT2D eigenvalue weighted by Crippen LogP contribution is 2.50. The molecule has 1 aromatic carbocycles. The smallest absolute Gasteiger partial charge is 0.0155 e. The van der Waals surface area contributed by atoms with Crippen molar-refractivity contribution < 1.29 is 0 Å². The van der Waals surface area contributed by atoms with Gasteiger partial charge in [-0.15, -0.1) is 0 Å². The molecule has 0 saturated carbocycles. The van der Waals surface area contributed by atoms with Crippen LogP contribution in [-0.2, 0) is 5.41 Å². The number of rotatable bonds is 3. The van der Waals surface area contributed by atoms with Crippen LogP contribution in [0.5, 0.6) is 0 Å². The number of allylic oxidation sites excluding steroid dienone is 12. The van der Waals surface area contributed by atoms with Gasteiger partial charge in [0.2, 0.25) is 0 Å². The Labute approximate surface area is 159 Å². The standard InChI is InChI=1S/C26H30/c1-6-20(18-21-11-9-8-10-12-21)14-16-24-22(7-2)23-15-13-19(3)17-25(23)26(24,4)5/h6-11,13,15-18H,12,14H2,1-5H3/b20-6-,21-18-,22-7-,24-16+. The van der Waals surface area contributed by atoms with Crippen LogP contribution >= 0.6 is 0 Å². The van der Waals surface area contributed by atoms with Gasteiger partial charge in [-0.2, -0.15) is 0 Å². The maximum absolute atomic E-state index is 2.44. The van der Waals surface area contributed by atoms with Crippen molar-refractivity contribution >= 4 is 5.57 Å². The lowest BCUT2D eigenvalue weighted by Crippen LogP contribution is -2.15. The number of aryl methyl sites for hydroxylation is 1. The highest BCUT2D eigenvalue weighted by Gasteiger charge is 2.37. The average Bonchev–Trinajstić information content (AvgIpc) is 2.85. The Morgan fingerprint density at radius 2 is 1.96 bits per heavy atom. The molecule has 2 aliphatic rings. The number of benzene rings is 1. The Hall–Kier alpha value is -2.34. The highest BCUT2D eigenvalue weighted by atomic mass is 14.4. The van der Waals surface area contributed by atoms with Crippen molar-refractivity contribution in [2.45, 2.75) is 52.9 Å². The predicted molar refractivity (Wildman–Crippen MR) is 115 cm³/mol. The van der Waals surface area contributed by atoms with Gasteiger partial charge in [-0.25, -0.2) is 0 Å². The summed E-state index contributed by atoms with van der Waals surface area (Å²) in [6.07, 6.45) is 20.0. The van der Waals surface area contributed by atoms with Gasteiger partial charge in [0.15, 0.2) is 0 Å². The molecule has 1 aromatic rings. The molecule has 0 N–H and O–H groups in total. The molecular formula is C26H30. The Kier molecular flexibility index (Phi) is 5.32. The fraction of sp³-hybridized carbons (Fsp3) is 0.308. The van der Waals surface area contributed by atoms with Crippen LogP contribution < -0.4 is 0 Å². The van der Waals surface area contributed by atoms with Crippen LogP contribution in [0.1, 0.15) is 57.2 Å². The van der Waals surface area contributed by atoms with Gasteiger partial charge in [0.05, 0.1) is 0 Å². The summed E-state index contributed by atoms with van der Waals surface area (Å²) >= 11 is 0. The molecule has 0 spiro atoms. The second kappa shape index (κ2) is 7.50. The molecule has 3 rings (SSSR count). The van der Waals surface area contributed by atoms with E-state index in [4.69, 9.17) is 0 Å². The van der Waals surface area contributed by atoms with Crippen molar-refractivity contribution in [1.29, 1.82) is 0 Å². The van der Waals surface area contributed by atoms with E-state index in [2.05, 4.69) is 101 Å². The molecule has 0 unspecified atom stereocenters. The fourth-order valence-corrected chi connectivity index (χ4v) is 4.07. The predicted octanol–water partition coefficient (Wildman–Crippen LogP) is 7.39. The summed E-state index contributed by atoms with van der Waals surface area (Å²) in [4.78, 5) is 0. The maximum atomic E-state index is 2.44. The van der Waals surface area contributed by atoms with Gasteiger partial charge in [0, 0.05) is 5.41 Å². The lowest BCUT2D eigenvalue weighted by Gasteiger charge is -2.22. The number of fused-ring (bicyclic) bond motifs is 1. The zero-order chi connectivity index (χ0) is 18.7. The van der Waals surface area contributed by atoms with Crippen LogP contribution in [-0.4, -0.2) is 0 Å². The van der Waals surface area contributed by atoms with E-state index in [1.807, 2.05) is 0 Å². The summed E-state index contributed by atoms with van der Waals surface area (Å²) in [6.45, 7) is 11.2. The summed E-state index contributed by atoms with van der Waals surface area (Å²) in [5, 5.41) is 0. The van der Waals surface area contributed by atoms with Crippen molar-refractivity contribution in [3.8, 4) is 0 Å². The lowest BCUT2D eigenvalue weighted by atomic mass is 9.81. The van der Waals surface area contributed by atoms with Crippen LogP contribution in [0, 0.1) is 6.92 Å². The van der Waals surface area contributed by atoms with Gasteiger partial charge in [0.1, 0.15) is 0 Å². The Bertz CT molecular complexity index is 877. The second-order valence-electron chi connectivity index (χ2n) is 7.77. The number of hydrogen-bond donors (Lipinski definition) is 0. The molecule has 134 valence electrons. The van der Waals surface area contributed by atoms with Gasteiger partial charge < -0.3 is 0 Å². The summed E-state index contributed by atoms with van der Waals surface area (Å²) in [6, 6.07) is 6.88. The molecule has 0 radical (unpaired) electrons. The first kappa shape index (κ1) is 18.5. The molecule has 0 aromatic heterocycles. The molecule has 0 amide bonds. The van der Waals surface area contributed by atoms with E-state index in [1.165, 1.54) is 39.0 Å². The largest absolute Gasteiger partial charge is 0.0841 e. The summed E-state index contributed by atoms with van der Waals surface area (Å²) in [5.41, 5.74) is 9.87. The quantitative estimate of drug-likeness (QED) is 0.537. The zero-order valence-electron chi connectivity index (χ0n) is 16.8. The topological polar surface area (TPSA) is 0 Å². The summed E-state index contributed by atoms with van der Waals surface area (Å²) < 4.78 is 0. The first-order valence-electron chi connectivity index (χ1n) is 9.65. The third kappa shape index (κ3) is 3.46. The average molecular weight is 343 g/mol. The summed E-state index contributed by atoms with van der Waals surface area (Å²) in [7, 11) is 0. The van der Waals surface area contributed by atoms with Crippen molar-refractivity contribution in [1.82, 2.24) is 0 Å². The monoisotopic (exact) mass is 342 g/mol. The fourth-order valence-electron chi connectivity index (χ4n) is 4.07. The van der Waals surface area contributed by atoms with Gasteiger partial charge in [0.25, 0.3) is 0 Å². The van der Waals surface area contributed by atoms with Gasteiger partial charge in [-0.1, -0.05) is 86.2 Å². The van der Waals surface area contributed by atoms with E-state index >= 15 is 0 Å². The van der Waals surface area contributed by atoms with Crippen molar-refractivity contribution in [2.24, 2.45) is 0 Å². The minimum absolute atomic E-state index is 0.0582. The van der Waals surface area contributed by atoms with E-state index < -0.39 is 0 Å². The molecule has 0 atom stereocenters. The first-order chi connectivity index (χ1) is 12.5. The maximum Gasteiger partial charge on any atom is 0.0155 e. The molecule has 0 bridgehead atoms. The van der Waals surface area contributed by atoms with E-state index in [0.717, 1.165) is 12.8 Å². The highest BCUT2D eigenvalue weighted by molar-refractivity contribution is 5.89. The summed E-state index contributed by atoms with van der Waals surface area (Å²) in [5.74, 6) is 0. The molecular weight excluding hydrogens is 312 g/mol. The minimum Gasteiger partial charge on any atom is -0.0841 e. The molecule has 2 aliphatic carbocycles. The third-order valence-electron chi connectivity index (χ3n) is 5.59.